The third-order valence-corrected chi connectivity index (χ3v) is 15.6. The highest BCUT2D eigenvalue weighted by molar-refractivity contribution is 5.93. The Morgan fingerprint density at radius 3 is 2.04 bits per heavy atom. The van der Waals surface area contributed by atoms with Gasteiger partial charge in [0.1, 0.15) is 17.4 Å². The lowest BCUT2D eigenvalue weighted by Crippen LogP contribution is -2.67. The van der Waals surface area contributed by atoms with Crippen LogP contribution in [0.2, 0.25) is 0 Å². The number of fused-ring (bicyclic) bond motifs is 7. The van der Waals surface area contributed by atoms with Crippen molar-refractivity contribution in [2.45, 2.75) is 112 Å². The molecule has 6 rings (SSSR count). The number of aliphatic carboxylic acids is 1. The Morgan fingerprint density at radius 2 is 1.43 bits per heavy atom. The zero-order valence-electron chi connectivity index (χ0n) is 30.3. The summed E-state index contributed by atoms with van der Waals surface area (Å²) < 4.78 is 22.9. The van der Waals surface area contributed by atoms with Gasteiger partial charge in [0, 0.05) is 17.5 Å². The number of esters is 1. The Hall–Kier alpha value is -2.70. The van der Waals surface area contributed by atoms with Crippen LogP contribution < -0.4 is 14.2 Å². The van der Waals surface area contributed by atoms with Crippen molar-refractivity contribution in [3.63, 3.8) is 0 Å². The Labute approximate surface area is 282 Å². The van der Waals surface area contributed by atoms with Crippen LogP contribution in [-0.2, 0) is 9.53 Å². The molecule has 0 amide bonds. The van der Waals surface area contributed by atoms with E-state index in [0.29, 0.717) is 46.5 Å². The zero-order chi connectivity index (χ0) is 34.3. The van der Waals surface area contributed by atoms with Crippen LogP contribution >= 0.6 is 0 Å². The summed E-state index contributed by atoms with van der Waals surface area (Å²) in [5.41, 5.74) is 1.02. The van der Waals surface area contributed by atoms with Crippen LogP contribution in [-0.4, -0.2) is 44.5 Å². The largest absolute Gasteiger partial charge is 0.496 e. The Morgan fingerprint density at radius 1 is 0.766 bits per heavy atom. The number of rotatable bonds is 7. The fourth-order valence-electron chi connectivity index (χ4n) is 13.1. The first-order valence-corrected chi connectivity index (χ1v) is 18.0. The van der Waals surface area contributed by atoms with E-state index in [2.05, 4.69) is 48.1 Å². The van der Waals surface area contributed by atoms with Crippen LogP contribution in [0.4, 0.5) is 0 Å². The van der Waals surface area contributed by atoms with Gasteiger partial charge in [-0.3, -0.25) is 4.79 Å². The lowest BCUT2D eigenvalue weighted by molar-refractivity contribution is -0.248. The van der Waals surface area contributed by atoms with Gasteiger partial charge in [0.15, 0.2) is 11.5 Å². The fourth-order valence-corrected chi connectivity index (χ4v) is 13.1. The summed E-state index contributed by atoms with van der Waals surface area (Å²) in [4.78, 5) is 26.7. The Kier molecular flexibility index (Phi) is 8.32. The molecule has 10 atom stereocenters. The maximum Gasteiger partial charge on any atom is 0.342 e. The number of methoxy groups -OCH3 is 3. The number of carbonyl (C=O) groups excluding carboxylic acids is 1. The van der Waals surface area contributed by atoms with Gasteiger partial charge in [0.05, 0.1) is 26.7 Å². The van der Waals surface area contributed by atoms with Crippen LogP contribution in [0.1, 0.15) is 116 Å². The lowest BCUT2D eigenvalue weighted by Gasteiger charge is -2.72. The molecule has 0 saturated heterocycles. The van der Waals surface area contributed by atoms with Crippen molar-refractivity contribution in [1.82, 2.24) is 0 Å². The van der Waals surface area contributed by atoms with E-state index >= 15 is 0 Å². The van der Waals surface area contributed by atoms with E-state index in [1.165, 1.54) is 5.57 Å². The van der Waals surface area contributed by atoms with Gasteiger partial charge in [-0.15, -0.1) is 0 Å². The average Bonchev–Trinajstić information content (AvgIpc) is 3.43. The zero-order valence-corrected chi connectivity index (χ0v) is 30.3. The first-order chi connectivity index (χ1) is 22.1. The number of hydrogen-bond donors (Lipinski definition) is 1. The SMILES string of the molecule is C=C(C)[C@@H]1CC[C@]2(C(=O)O)CC[C@]3(C)[C@H](CC[C@@H]4[C@@]5(C)CC[C@H](OC(=O)c6cc(OC)c(OC)cc6OC)C(C)(C)[C@@H]5CC[C@]43C)[C@@H]12. The highest BCUT2D eigenvalue weighted by atomic mass is 16.5. The van der Waals surface area contributed by atoms with Crippen molar-refractivity contribution in [2.75, 3.05) is 21.3 Å². The Bertz CT molecular complexity index is 1450. The normalized spacial score (nSPS) is 41.7. The van der Waals surface area contributed by atoms with Crippen LogP contribution in [0.15, 0.2) is 24.3 Å². The summed E-state index contributed by atoms with van der Waals surface area (Å²) in [5.74, 6) is 2.22. The molecule has 1 aromatic rings. The molecule has 1 aromatic carbocycles. The predicted molar refractivity (Wildman–Crippen MR) is 182 cm³/mol. The van der Waals surface area contributed by atoms with Gasteiger partial charge in [-0.1, -0.05) is 46.8 Å². The smallest absolute Gasteiger partial charge is 0.342 e. The summed E-state index contributed by atoms with van der Waals surface area (Å²) >= 11 is 0. The van der Waals surface area contributed by atoms with E-state index in [9.17, 15) is 14.7 Å². The topological polar surface area (TPSA) is 91.3 Å². The first kappa shape index (κ1) is 34.2. The quantitative estimate of drug-likeness (QED) is 0.233. The second-order valence-corrected chi connectivity index (χ2v) is 17.3. The maximum atomic E-state index is 13.8. The van der Waals surface area contributed by atoms with E-state index in [1.807, 2.05) is 0 Å². The van der Waals surface area contributed by atoms with Crippen LogP contribution in [0, 0.1) is 56.7 Å². The summed E-state index contributed by atoms with van der Waals surface area (Å²) in [6.07, 6.45) is 9.60. The number of ether oxygens (including phenoxy) is 4. The molecule has 7 nitrogen and oxygen atoms in total. The highest BCUT2D eigenvalue weighted by Crippen LogP contribution is 2.77. The van der Waals surface area contributed by atoms with Crippen LogP contribution in [0.3, 0.4) is 0 Å². The molecule has 5 aliphatic carbocycles. The molecule has 5 saturated carbocycles. The average molecular weight is 651 g/mol. The number of allylic oxidation sites excluding steroid dienone is 1. The van der Waals surface area contributed by atoms with Gasteiger partial charge in [-0.05, 0) is 117 Å². The molecule has 0 aromatic heterocycles. The Balaban J connectivity index is 1.28. The molecule has 1 N–H and O–H groups in total. The molecule has 0 radical (unpaired) electrons. The van der Waals surface area contributed by atoms with E-state index in [0.717, 1.165) is 64.2 Å². The molecule has 0 heterocycles. The molecule has 5 aliphatic rings. The third kappa shape index (κ3) is 4.63. The summed E-state index contributed by atoms with van der Waals surface area (Å²) in [7, 11) is 4.66. The highest BCUT2D eigenvalue weighted by Gasteiger charge is 2.72. The number of carboxylic acids is 1. The minimum absolute atomic E-state index is 0.0863. The molecule has 260 valence electrons. The minimum atomic E-state index is -0.599. The number of carboxylic acid groups (broad SMARTS) is 1. The van der Waals surface area contributed by atoms with Crippen molar-refractivity contribution >= 4 is 11.9 Å². The minimum Gasteiger partial charge on any atom is -0.496 e. The molecular weight excluding hydrogens is 592 g/mol. The van der Waals surface area contributed by atoms with Crippen molar-refractivity contribution in [3.8, 4) is 17.2 Å². The molecule has 0 spiro atoms. The monoisotopic (exact) mass is 650 g/mol. The van der Waals surface area contributed by atoms with Crippen LogP contribution in [0.5, 0.6) is 17.2 Å². The molecule has 47 heavy (non-hydrogen) atoms. The fraction of sp³-hybridized carbons (Fsp3) is 0.750. The van der Waals surface area contributed by atoms with E-state index in [-0.39, 0.29) is 33.7 Å². The molecule has 0 bridgehead atoms. The van der Waals surface area contributed by atoms with Gasteiger partial charge in [0.2, 0.25) is 0 Å². The second-order valence-electron chi connectivity index (χ2n) is 17.3. The standard InChI is InChI=1S/C40H58O7/c1-23(2)24-13-18-40(35(42)43)20-19-38(6)26(33(24)40)11-12-31-37(5)16-15-32(36(3,4)30(37)14-17-39(31,38)7)47-34(41)25-21-28(45-9)29(46-10)22-27(25)44-8/h21-22,24,26,30-33H,1,11-20H2,2-10H3,(H,42,43)/t24-,26+,30-,31+,32-,33+,37-,38+,39+,40-/m0/s1. The lowest BCUT2D eigenvalue weighted by atomic mass is 9.32. The van der Waals surface area contributed by atoms with Crippen molar-refractivity contribution in [2.24, 2.45) is 56.7 Å². The molecule has 0 unspecified atom stereocenters. The number of hydrogen-bond acceptors (Lipinski definition) is 6. The van der Waals surface area contributed by atoms with Crippen molar-refractivity contribution < 1.29 is 33.6 Å². The molecule has 0 aliphatic heterocycles. The molecule has 5 fully saturated rings. The second kappa shape index (κ2) is 11.4. The van der Waals surface area contributed by atoms with E-state index in [1.54, 1.807) is 33.5 Å². The van der Waals surface area contributed by atoms with Crippen molar-refractivity contribution in [1.29, 1.82) is 0 Å². The van der Waals surface area contributed by atoms with E-state index < -0.39 is 17.4 Å². The summed E-state index contributed by atoms with van der Waals surface area (Å²) in [5, 5.41) is 10.7. The maximum absolute atomic E-state index is 13.8. The number of carbonyl (C=O) groups is 2. The third-order valence-electron chi connectivity index (χ3n) is 15.6. The van der Waals surface area contributed by atoms with Crippen LogP contribution in [0.25, 0.3) is 0 Å². The first-order valence-electron chi connectivity index (χ1n) is 18.0. The van der Waals surface area contributed by atoms with Crippen molar-refractivity contribution in [3.05, 3.63) is 29.8 Å². The number of benzene rings is 1. The van der Waals surface area contributed by atoms with Gasteiger partial charge >= 0.3 is 11.9 Å². The summed E-state index contributed by atoms with van der Waals surface area (Å²) in [6, 6.07) is 3.32. The molecule has 7 heteroatoms. The predicted octanol–water partition coefficient (Wildman–Crippen LogP) is 8.98. The van der Waals surface area contributed by atoms with Gasteiger partial charge < -0.3 is 24.1 Å². The van der Waals surface area contributed by atoms with E-state index in [4.69, 9.17) is 18.9 Å². The van der Waals surface area contributed by atoms with Gasteiger partial charge in [-0.2, -0.15) is 0 Å². The van der Waals surface area contributed by atoms with Gasteiger partial charge in [-0.25, -0.2) is 4.79 Å². The molecular formula is C40H58O7. The van der Waals surface area contributed by atoms with Gasteiger partial charge in [0.25, 0.3) is 0 Å². The summed E-state index contributed by atoms with van der Waals surface area (Å²) in [6.45, 7) is 18.8.